The van der Waals surface area contributed by atoms with Gasteiger partial charge in [-0.2, -0.15) is 0 Å². The van der Waals surface area contributed by atoms with Crippen LogP contribution < -0.4 is 5.56 Å². The Bertz CT molecular complexity index is 646. The average molecular weight is 244 g/mol. The zero-order valence-electron chi connectivity index (χ0n) is 10.6. The molecule has 0 saturated carbocycles. The van der Waals surface area contributed by atoms with Gasteiger partial charge in [0.2, 0.25) is 0 Å². The van der Waals surface area contributed by atoms with E-state index in [1.807, 2.05) is 0 Å². The lowest BCUT2D eigenvalue weighted by Crippen LogP contribution is -2.30. The SMILES string of the molecule is CC(C)C1Cc2[nH]c(=O)c3ccncc3c2CO1. The Hall–Kier alpha value is -1.68. The summed E-state index contributed by atoms with van der Waals surface area (Å²) in [4.78, 5) is 19.1. The third kappa shape index (κ3) is 1.73. The highest BCUT2D eigenvalue weighted by Gasteiger charge is 2.24. The lowest BCUT2D eigenvalue weighted by Gasteiger charge is -2.28. The second-order valence-electron chi connectivity index (χ2n) is 5.13. The summed E-state index contributed by atoms with van der Waals surface area (Å²) in [6.07, 6.45) is 4.35. The van der Waals surface area contributed by atoms with Crippen molar-refractivity contribution < 1.29 is 4.74 Å². The highest BCUT2D eigenvalue weighted by atomic mass is 16.5. The molecule has 1 aliphatic rings. The topological polar surface area (TPSA) is 55.0 Å². The molecule has 0 aliphatic carbocycles. The van der Waals surface area contributed by atoms with Crippen molar-refractivity contribution >= 4 is 10.8 Å². The molecule has 0 aromatic carbocycles. The van der Waals surface area contributed by atoms with Crippen LogP contribution in [0.1, 0.15) is 25.1 Å². The molecule has 0 fully saturated rings. The molecule has 4 heteroatoms. The zero-order valence-corrected chi connectivity index (χ0v) is 10.6. The van der Waals surface area contributed by atoms with E-state index in [-0.39, 0.29) is 11.7 Å². The molecule has 2 aromatic rings. The maximum Gasteiger partial charge on any atom is 0.256 e. The van der Waals surface area contributed by atoms with Gasteiger partial charge in [0.1, 0.15) is 0 Å². The minimum Gasteiger partial charge on any atom is -0.373 e. The van der Waals surface area contributed by atoms with Crippen molar-refractivity contribution in [1.29, 1.82) is 0 Å². The van der Waals surface area contributed by atoms with Crippen molar-refractivity contribution in [3.8, 4) is 0 Å². The van der Waals surface area contributed by atoms with E-state index in [0.29, 0.717) is 17.9 Å². The number of rotatable bonds is 1. The highest BCUT2D eigenvalue weighted by molar-refractivity contribution is 5.84. The van der Waals surface area contributed by atoms with Gasteiger partial charge in [0.05, 0.1) is 18.1 Å². The summed E-state index contributed by atoms with van der Waals surface area (Å²) in [5.41, 5.74) is 2.05. The van der Waals surface area contributed by atoms with Crippen LogP contribution in [0.15, 0.2) is 23.3 Å². The van der Waals surface area contributed by atoms with Gasteiger partial charge < -0.3 is 9.72 Å². The quantitative estimate of drug-likeness (QED) is 0.835. The second kappa shape index (κ2) is 4.21. The summed E-state index contributed by atoms with van der Waals surface area (Å²) in [6.45, 7) is 4.82. The first kappa shape index (κ1) is 11.4. The van der Waals surface area contributed by atoms with E-state index in [9.17, 15) is 4.79 Å². The number of ether oxygens (including phenoxy) is 1. The molecule has 94 valence electrons. The fourth-order valence-corrected chi connectivity index (χ4v) is 2.49. The predicted octanol–water partition coefficient (Wildman–Crippen LogP) is 2.02. The van der Waals surface area contributed by atoms with Crippen LogP contribution in [0.5, 0.6) is 0 Å². The second-order valence-corrected chi connectivity index (χ2v) is 5.13. The summed E-state index contributed by atoms with van der Waals surface area (Å²) >= 11 is 0. The van der Waals surface area contributed by atoms with Gasteiger partial charge in [-0.15, -0.1) is 0 Å². The molecule has 0 bridgehead atoms. The first-order valence-corrected chi connectivity index (χ1v) is 6.26. The van der Waals surface area contributed by atoms with Crippen molar-refractivity contribution in [2.24, 2.45) is 5.92 Å². The summed E-state index contributed by atoms with van der Waals surface area (Å²) in [5, 5.41) is 1.61. The first-order valence-electron chi connectivity index (χ1n) is 6.26. The first-order chi connectivity index (χ1) is 8.66. The van der Waals surface area contributed by atoms with E-state index in [1.54, 1.807) is 18.5 Å². The molecule has 1 unspecified atom stereocenters. The van der Waals surface area contributed by atoms with E-state index < -0.39 is 0 Å². The summed E-state index contributed by atoms with van der Waals surface area (Å²) < 4.78 is 5.86. The van der Waals surface area contributed by atoms with Crippen molar-refractivity contribution in [3.63, 3.8) is 0 Å². The molecule has 1 aliphatic heterocycles. The summed E-state index contributed by atoms with van der Waals surface area (Å²) in [6, 6.07) is 1.75. The van der Waals surface area contributed by atoms with Crippen molar-refractivity contribution in [2.45, 2.75) is 33.0 Å². The van der Waals surface area contributed by atoms with Gasteiger partial charge in [-0.3, -0.25) is 9.78 Å². The Kier molecular flexibility index (Phi) is 2.67. The molecular weight excluding hydrogens is 228 g/mol. The van der Waals surface area contributed by atoms with Gasteiger partial charge in [0.25, 0.3) is 5.56 Å². The number of aromatic amines is 1. The standard InChI is InChI=1S/C14H16N2O2/c1-8(2)13-5-12-11(7-18-13)10-6-15-4-3-9(10)14(17)16-12/h3-4,6,8,13H,5,7H2,1-2H3,(H,16,17). The number of H-pyrrole nitrogens is 1. The molecule has 0 saturated heterocycles. The van der Waals surface area contributed by atoms with E-state index in [4.69, 9.17) is 4.74 Å². The molecule has 2 aromatic heterocycles. The molecule has 0 radical (unpaired) electrons. The van der Waals surface area contributed by atoms with E-state index in [1.165, 1.54) is 0 Å². The molecule has 0 spiro atoms. The van der Waals surface area contributed by atoms with Crippen LogP contribution in [0, 0.1) is 5.92 Å². The molecule has 0 amide bonds. The number of hydrogen-bond acceptors (Lipinski definition) is 3. The monoisotopic (exact) mass is 244 g/mol. The summed E-state index contributed by atoms with van der Waals surface area (Å²) in [7, 11) is 0. The van der Waals surface area contributed by atoms with E-state index in [0.717, 1.165) is 23.1 Å². The molecule has 18 heavy (non-hydrogen) atoms. The Morgan fingerprint density at radius 1 is 1.44 bits per heavy atom. The number of nitrogens with one attached hydrogen (secondary N) is 1. The van der Waals surface area contributed by atoms with Crippen molar-refractivity contribution in [2.75, 3.05) is 0 Å². The van der Waals surface area contributed by atoms with Gasteiger partial charge >= 0.3 is 0 Å². The van der Waals surface area contributed by atoms with E-state index >= 15 is 0 Å². The van der Waals surface area contributed by atoms with Crippen LogP contribution in [0.25, 0.3) is 10.8 Å². The minimum atomic E-state index is -0.0319. The Morgan fingerprint density at radius 3 is 3.06 bits per heavy atom. The number of pyridine rings is 2. The Balaban J connectivity index is 2.18. The number of nitrogens with zero attached hydrogens (tertiary/aromatic N) is 1. The third-order valence-corrected chi connectivity index (χ3v) is 3.61. The van der Waals surface area contributed by atoms with Crippen LogP contribution >= 0.6 is 0 Å². The van der Waals surface area contributed by atoms with Crippen molar-refractivity contribution in [3.05, 3.63) is 40.1 Å². The van der Waals surface area contributed by atoms with Gasteiger partial charge in [0, 0.05) is 35.5 Å². The summed E-state index contributed by atoms with van der Waals surface area (Å²) in [5.74, 6) is 0.450. The maximum absolute atomic E-state index is 12.0. The molecule has 1 N–H and O–H groups in total. The largest absolute Gasteiger partial charge is 0.373 e. The third-order valence-electron chi connectivity index (χ3n) is 3.61. The zero-order chi connectivity index (χ0) is 12.7. The van der Waals surface area contributed by atoms with Crippen molar-refractivity contribution in [1.82, 2.24) is 9.97 Å². The number of fused-ring (bicyclic) bond motifs is 3. The molecule has 4 nitrogen and oxygen atoms in total. The molecule has 3 heterocycles. The van der Waals surface area contributed by atoms with Gasteiger partial charge in [-0.25, -0.2) is 0 Å². The maximum atomic E-state index is 12.0. The van der Waals surface area contributed by atoms with E-state index in [2.05, 4.69) is 23.8 Å². The van der Waals surface area contributed by atoms with Crippen LogP contribution in [0.4, 0.5) is 0 Å². The lowest BCUT2D eigenvalue weighted by molar-refractivity contribution is -0.000829. The highest BCUT2D eigenvalue weighted by Crippen LogP contribution is 2.26. The van der Waals surface area contributed by atoms with Gasteiger partial charge in [-0.05, 0) is 12.0 Å². The molecule has 3 rings (SSSR count). The number of aromatic nitrogens is 2. The van der Waals surface area contributed by atoms with Gasteiger partial charge in [-0.1, -0.05) is 13.8 Å². The lowest BCUT2D eigenvalue weighted by atomic mass is 9.95. The van der Waals surface area contributed by atoms with Crippen LogP contribution in [-0.2, 0) is 17.8 Å². The minimum absolute atomic E-state index is 0.0319. The average Bonchev–Trinajstić information content (AvgIpc) is 2.38. The fraction of sp³-hybridized carbons (Fsp3) is 0.429. The fourth-order valence-electron chi connectivity index (χ4n) is 2.49. The van der Waals surface area contributed by atoms with Crippen LogP contribution in [-0.4, -0.2) is 16.1 Å². The predicted molar refractivity (Wildman–Crippen MR) is 69.5 cm³/mol. The molecule has 1 atom stereocenters. The molecular formula is C14H16N2O2. The normalized spacial score (nSPS) is 19.2. The number of hydrogen-bond donors (Lipinski definition) is 1. The van der Waals surface area contributed by atoms with Gasteiger partial charge in [0.15, 0.2) is 0 Å². The Labute approximate surface area is 105 Å². The Morgan fingerprint density at radius 2 is 2.28 bits per heavy atom. The van der Waals surface area contributed by atoms with Crippen LogP contribution in [0.2, 0.25) is 0 Å². The smallest absolute Gasteiger partial charge is 0.256 e. The van der Waals surface area contributed by atoms with Crippen LogP contribution in [0.3, 0.4) is 0 Å².